The average molecular weight is 441 g/mol. The molecule has 1 saturated heterocycles. The summed E-state index contributed by atoms with van der Waals surface area (Å²) >= 11 is 7.66. The Bertz CT molecular complexity index is 907. The Kier molecular flexibility index (Phi) is 7.31. The van der Waals surface area contributed by atoms with Crippen molar-refractivity contribution in [1.82, 2.24) is 19.9 Å². The molecular weight excluding hydrogens is 416 g/mol. The minimum absolute atomic E-state index is 0.0658. The number of halogens is 1. The SMILES string of the molecule is CCCSc1ncc(CN2CCCC(c3ncc(Cl)cc3S(C)(=O)=O)C2)cn1. The number of aromatic nitrogens is 3. The first-order valence-corrected chi connectivity index (χ1v) is 12.6. The van der Waals surface area contributed by atoms with E-state index in [1.807, 2.05) is 12.4 Å². The zero-order chi connectivity index (χ0) is 20.1. The fourth-order valence-corrected chi connectivity index (χ4v) is 5.21. The molecule has 0 radical (unpaired) electrons. The highest BCUT2D eigenvalue weighted by atomic mass is 35.5. The normalized spacial score (nSPS) is 18.3. The van der Waals surface area contributed by atoms with Gasteiger partial charge in [-0.25, -0.2) is 18.4 Å². The summed E-state index contributed by atoms with van der Waals surface area (Å²) in [4.78, 5) is 15.8. The Morgan fingerprint density at radius 1 is 1.25 bits per heavy atom. The summed E-state index contributed by atoms with van der Waals surface area (Å²) in [6, 6.07) is 1.51. The lowest BCUT2D eigenvalue weighted by molar-refractivity contribution is 0.197. The standard InChI is InChI=1S/C19H25ClN4O2S2/c1-3-7-27-19-22-9-14(10-23-19)12-24-6-4-5-15(13-24)18-17(28(2,25)26)8-16(20)11-21-18/h8-11,15H,3-7,12-13H2,1-2H3. The number of likely N-dealkylation sites (tertiary alicyclic amines) is 1. The number of pyridine rings is 1. The summed E-state index contributed by atoms with van der Waals surface area (Å²) < 4.78 is 24.4. The number of nitrogens with zero attached hydrogens (tertiary/aromatic N) is 4. The average Bonchev–Trinajstić information content (AvgIpc) is 2.67. The van der Waals surface area contributed by atoms with Crippen LogP contribution in [0.3, 0.4) is 0 Å². The van der Waals surface area contributed by atoms with Gasteiger partial charge in [0, 0.05) is 55.2 Å². The van der Waals surface area contributed by atoms with Crippen molar-refractivity contribution in [2.24, 2.45) is 0 Å². The highest BCUT2D eigenvalue weighted by Crippen LogP contribution is 2.31. The molecule has 1 unspecified atom stereocenters. The van der Waals surface area contributed by atoms with Gasteiger partial charge in [0.1, 0.15) is 0 Å². The predicted octanol–water partition coefficient (Wildman–Crippen LogP) is 3.81. The second kappa shape index (κ2) is 9.52. The molecule has 0 spiro atoms. The fourth-order valence-electron chi connectivity index (χ4n) is 3.41. The lowest BCUT2D eigenvalue weighted by Crippen LogP contribution is -2.34. The highest BCUT2D eigenvalue weighted by Gasteiger charge is 2.27. The van der Waals surface area contributed by atoms with E-state index < -0.39 is 9.84 Å². The summed E-state index contributed by atoms with van der Waals surface area (Å²) in [7, 11) is -3.38. The molecule has 1 aliphatic heterocycles. The van der Waals surface area contributed by atoms with Crippen LogP contribution in [0.2, 0.25) is 5.02 Å². The number of hydrogen-bond acceptors (Lipinski definition) is 7. The van der Waals surface area contributed by atoms with Gasteiger partial charge in [0.05, 0.1) is 15.6 Å². The van der Waals surface area contributed by atoms with Crippen LogP contribution in [-0.2, 0) is 16.4 Å². The zero-order valence-corrected chi connectivity index (χ0v) is 18.5. The topological polar surface area (TPSA) is 76.1 Å². The highest BCUT2D eigenvalue weighted by molar-refractivity contribution is 7.99. The molecule has 6 nitrogen and oxygen atoms in total. The van der Waals surface area contributed by atoms with E-state index in [9.17, 15) is 8.42 Å². The van der Waals surface area contributed by atoms with Crippen molar-refractivity contribution < 1.29 is 8.42 Å². The first-order chi connectivity index (χ1) is 13.4. The summed E-state index contributed by atoms with van der Waals surface area (Å²) in [5.74, 6) is 1.08. The number of sulfone groups is 1. The van der Waals surface area contributed by atoms with E-state index in [1.54, 1.807) is 11.8 Å². The monoisotopic (exact) mass is 440 g/mol. The molecule has 0 aromatic carbocycles. The largest absolute Gasteiger partial charge is 0.298 e. The minimum atomic E-state index is -3.38. The van der Waals surface area contributed by atoms with Gasteiger partial charge in [0.15, 0.2) is 15.0 Å². The van der Waals surface area contributed by atoms with Crippen molar-refractivity contribution in [3.05, 3.63) is 40.9 Å². The number of thioether (sulfide) groups is 1. The molecule has 3 rings (SSSR count). The van der Waals surface area contributed by atoms with Gasteiger partial charge in [0.25, 0.3) is 0 Å². The molecule has 1 atom stereocenters. The molecule has 2 aromatic heterocycles. The molecule has 0 bridgehead atoms. The maximum absolute atomic E-state index is 12.2. The molecule has 0 amide bonds. The third-order valence-corrected chi connectivity index (χ3v) is 7.08. The van der Waals surface area contributed by atoms with E-state index in [-0.39, 0.29) is 10.8 Å². The van der Waals surface area contributed by atoms with Crippen molar-refractivity contribution in [2.75, 3.05) is 25.1 Å². The first-order valence-electron chi connectivity index (χ1n) is 9.38. The van der Waals surface area contributed by atoms with Crippen LogP contribution in [0.25, 0.3) is 0 Å². The van der Waals surface area contributed by atoms with Gasteiger partial charge in [0.2, 0.25) is 0 Å². The quantitative estimate of drug-likeness (QED) is 0.478. The number of piperidine rings is 1. The maximum Gasteiger partial charge on any atom is 0.187 e. The van der Waals surface area contributed by atoms with Gasteiger partial charge in [-0.15, -0.1) is 0 Å². The Morgan fingerprint density at radius 3 is 2.68 bits per heavy atom. The molecular formula is C19H25ClN4O2S2. The predicted molar refractivity (Wildman–Crippen MR) is 113 cm³/mol. The molecule has 3 heterocycles. The summed E-state index contributed by atoms with van der Waals surface area (Å²) in [6.45, 7) is 4.60. The molecule has 9 heteroatoms. The van der Waals surface area contributed by atoms with Crippen LogP contribution < -0.4 is 0 Å². The van der Waals surface area contributed by atoms with Gasteiger partial charge in [-0.1, -0.05) is 30.3 Å². The smallest absolute Gasteiger partial charge is 0.187 e. The molecule has 0 saturated carbocycles. The van der Waals surface area contributed by atoms with Crippen LogP contribution in [-0.4, -0.2) is 53.4 Å². The Balaban J connectivity index is 1.71. The fraction of sp³-hybridized carbons (Fsp3) is 0.526. The Morgan fingerprint density at radius 2 is 2.00 bits per heavy atom. The third-order valence-electron chi connectivity index (χ3n) is 4.66. The van der Waals surface area contributed by atoms with Gasteiger partial charge in [-0.3, -0.25) is 9.88 Å². The van der Waals surface area contributed by atoms with E-state index in [4.69, 9.17) is 11.6 Å². The lowest BCUT2D eigenvalue weighted by atomic mass is 9.94. The van der Waals surface area contributed by atoms with E-state index in [0.29, 0.717) is 10.7 Å². The lowest BCUT2D eigenvalue weighted by Gasteiger charge is -2.33. The van der Waals surface area contributed by atoms with Crippen molar-refractivity contribution in [3.63, 3.8) is 0 Å². The van der Waals surface area contributed by atoms with Crippen LogP contribution in [0.5, 0.6) is 0 Å². The minimum Gasteiger partial charge on any atom is -0.298 e. The van der Waals surface area contributed by atoms with E-state index in [0.717, 1.165) is 55.4 Å². The summed E-state index contributed by atoms with van der Waals surface area (Å²) in [5.41, 5.74) is 1.69. The van der Waals surface area contributed by atoms with E-state index in [2.05, 4.69) is 26.8 Å². The molecule has 2 aromatic rings. The molecule has 1 fully saturated rings. The van der Waals surface area contributed by atoms with Crippen molar-refractivity contribution in [3.8, 4) is 0 Å². The second-order valence-electron chi connectivity index (χ2n) is 7.11. The van der Waals surface area contributed by atoms with Crippen LogP contribution in [0.1, 0.15) is 43.4 Å². The zero-order valence-electron chi connectivity index (χ0n) is 16.1. The first kappa shape index (κ1) is 21.5. The second-order valence-corrected chi connectivity index (χ2v) is 10.6. The van der Waals surface area contributed by atoms with Crippen LogP contribution in [0, 0.1) is 0 Å². The molecule has 0 N–H and O–H groups in total. The number of rotatable bonds is 7. The van der Waals surface area contributed by atoms with Gasteiger partial charge in [-0.2, -0.15) is 0 Å². The molecule has 28 heavy (non-hydrogen) atoms. The van der Waals surface area contributed by atoms with Gasteiger partial charge >= 0.3 is 0 Å². The van der Waals surface area contributed by atoms with Gasteiger partial charge in [-0.05, 0) is 31.9 Å². The van der Waals surface area contributed by atoms with Gasteiger partial charge < -0.3 is 0 Å². The van der Waals surface area contributed by atoms with E-state index in [1.165, 1.54) is 18.5 Å². The molecule has 152 valence electrons. The number of hydrogen-bond donors (Lipinski definition) is 0. The van der Waals surface area contributed by atoms with E-state index >= 15 is 0 Å². The molecule has 1 aliphatic rings. The Labute approximate surface area is 176 Å². The van der Waals surface area contributed by atoms with Crippen LogP contribution in [0.15, 0.2) is 34.7 Å². The summed E-state index contributed by atoms with van der Waals surface area (Å²) in [5, 5.41) is 1.15. The van der Waals surface area contributed by atoms with Crippen LogP contribution in [0.4, 0.5) is 0 Å². The van der Waals surface area contributed by atoms with Crippen molar-refractivity contribution >= 4 is 33.2 Å². The van der Waals surface area contributed by atoms with Crippen LogP contribution >= 0.6 is 23.4 Å². The maximum atomic E-state index is 12.2. The third kappa shape index (κ3) is 5.65. The van der Waals surface area contributed by atoms with Crippen molar-refractivity contribution in [2.45, 2.75) is 48.7 Å². The van der Waals surface area contributed by atoms with Crippen molar-refractivity contribution in [1.29, 1.82) is 0 Å². The summed E-state index contributed by atoms with van der Waals surface area (Å²) in [6.07, 6.45) is 9.51. The molecule has 0 aliphatic carbocycles. The Hall–Kier alpha value is -1.22.